The molecule has 26 heavy (non-hydrogen) atoms. The first-order valence-corrected chi connectivity index (χ1v) is 9.32. The molecule has 5 nitrogen and oxygen atoms in total. The number of ether oxygens (including phenoxy) is 1. The summed E-state index contributed by atoms with van der Waals surface area (Å²) in [6.45, 7) is 5.03. The number of hydrogen-bond donors (Lipinski definition) is 0. The third-order valence-corrected chi connectivity index (χ3v) is 5.18. The fourth-order valence-corrected chi connectivity index (χ4v) is 3.85. The molecule has 1 saturated heterocycles. The van der Waals surface area contributed by atoms with Crippen molar-refractivity contribution in [3.05, 3.63) is 58.3 Å². The largest absolute Gasteiger partial charge is 0.385 e. The van der Waals surface area contributed by atoms with Crippen LogP contribution in [0.4, 0.5) is 4.79 Å². The molecule has 2 heterocycles. The molecule has 1 aromatic heterocycles. The smallest absolute Gasteiger partial charge is 0.293 e. The molecule has 0 unspecified atom stereocenters. The second-order valence-corrected chi connectivity index (χ2v) is 7.27. The zero-order valence-corrected chi connectivity index (χ0v) is 16.0. The SMILES string of the molecule is COCCCN1C(=O)S/C(=C/c2cccn2-c2ccc(C)cc2C)C1=O. The summed E-state index contributed by atoms with van der Waals surface area (Å²) in [7, 11) is 1.61. The number of methoxy groups -OCH3 is 1. The third-order valence-electron chi connectivity index (χ3n) is 4.27. The van der Waals surface area contributed by atoms with Crippen LogP contribution in [0.5, 0.6) is 0 Å². The van der Waals surface area contributed by atoms with Gasteiger partial charge >= 0.3 is 0 Å². The van der Waals surface area contributed by atoms with Crippen LogP contribution < -0.4 is 0 Å². The monoisotopic (exact) mass is 370 g/mol. The lowest BCUT2D eigenvalue weighted by molar-refractivity contribution is -0.122. The number of hydrogen-bond acceptors (Lipinski definition) is 4. The Bertz CT molecular complexity index is 870. The van der Waals surface area contributed by atoms with Gasteiger partial charge in [0.25, 0.3) is 11.1 Å². The molecule has 1 aromatic carbocycles. The summed E-state index contributed by atoms with van der Waals surface area (Å²) in [6.07, 6.45) is 4.40. The molecular formula is C20H22N2O3S. The van der Waals surface area contributed by atoms with Gasteiger partial charge in [0.2, 0.25) is 0 Å². The summed E-state index contributed by atoms with van der Waals surface area (Å²) >= 11 is 0.993. The van der Waals surface area contributed by atoms with Gasteiger partial charge < -0.3 is 9.30 Å². The number of imide groups is 1. The number of aromatic nitrogens is 1. The molecule has 0 atom stereocenters. The van der Waals surface area contributed by atoms with Crippen molar-refractivity contribution in [2.45, 2.75) is 20.3 Å². The first kappa shape index (κ1) is 18.5. The van der Waals surface area contributed by atoms with Gasteiger partial charge in [-0.15, -0.1) is 0 Å². The highest BCUT2D eigenvalue weighted by Crippen LogP contribution is 2.33. The second-order valence-electron chi connectivity index (χ2n) is 6.27. The maximum atomic E-state index is 12.6. The van der Waals surface area contributed by atoms with Crippen LogP contribution in [-0.4, -0.2) is 40.9 Å². The van der Waals surface area contributed by atoms with Crippen molar-refractivity contribution >= 4 is 29.0 Å². The first-order chi connectivity index (χ1) is 12.5. The molecule has 2 aromatic rings. The van der Waals surface area contributed by atoms with Crippen molar-refractivity contribution in [3.8, 4) is 5.69 Å². The van der Waals surface area contributed by atoms with E-state index in [0.717, 1.165) is 28.7 Å². The number of benzene rings is 1. The van der Waals surface area contributed by atoms with Crippen LogP contribution in [0.3, 0.4) is 0 Å². The van der Waals surface area contributed by atoms with E-state index in [1.54, 1.807) is 13.2 Å². The summed E-state index contributed by atoms with van der Waals surface area (Å²) < 4.78 is 7.03. The molecular weight excluding hydrogens is 348 g/mol. The maximum Gasteiger partial charge on any atom is 0.293 e. The van der Waals surface area contributed by atoms with Crippen molar-refractivity contribution in [1.29, 1.82) is 0 Å². The minimum atomic E-state index is -0.232. The molecule has 0 bridgehead atoms. The van der Waals surface area contributed by atoms with Gasteiger partial charge in [0, 0.05) is 37.8 Å². The molecule has 0 radical (unpaired) electrons. The zero-order chi connectivity index (χ0) is 18.7. The summed E-state index contributed by atoms with van der Waals surface area (Å²) in [6, 6.07) is 10.1. The van der Waals surface area contributed by atoms with Gasteiger partial charge in [0.15, 0.2) is 0 Å². The molecule has 1 aliphatic heterocycles. The molecule has 6 heteroatoms. The molecule has 3 rings (SSSR count). The third kappa shape index (κ3) is 3.76. The predicted octanol–water partition coefficient (Wildman–Crippen LogP) is 4.17. The van der Waals surface area contributed by atoms with E-state index >= 15 is 0 Å². The van der Waals surface area contributed by atoms with E-state index in [4.69, 9.17) is 4.74 Å². The Morgan fingerprint density at radius 3 is 2.73 bits per heavy atom. The van der Waals surface area contributed by atoms with Gasteiger partial charge in [0.05, 0.1) is 4.91 Å². The van der Waals surface area contributed by atoms with Crippen LogP contribution in [0.1, 0.15) is 23.2 Å². The van der Waals surface area contributed by atoms with Crippen LogP contribution in [0.2, 0.25) is 0 Å². The van der Waals surface area contributed by atoms with Crippen molar-refractivity contribution in [2.24, 2.45) is 0 Å². The molecule has 1 fully saturated rings. The molecule has 0 aliphatic carbocycles. The summed E-state index contributed by atoms with van der Waals surface area (Å²) in [5, 5.41) is -0.220. The van der Waals surface area contributed by atoms with Gasteiger partial charge in [0.1, 0.15) is 0 Å². The summed E-state index contributed by atoms with van der Waals surface area (Å²) in [4.78, 5) is 26.5. The lowest BCUT2D eigenvalue weighted by Gasteiger charge is -2.12. The average molecular weight is 370 g/mol. The second kappa shape index (κ2) is 7.93. The van der Waals surface area contributed by atoms with Crippen LogP contribution in [0, 0.1) is 13.8 Å². The quantitative estimate of drug-likeness (QED) is 0.566. The Kier molecular flexibility index (Phi) is 5.64. The van der Waals surface area contributed by atoms with E-state index in [-0.39, 0.29) is 11.1 Å². The van der Waals surface area contributed by atoms with Crippen molar-refractivity contribution in [3.63, 3.8) is 0 Å². The van der Waals surface area contributed by atoms with Crippen molar-refractivity contribution < 1.29 is 14.3 Å². The molecule has 2 amide bonds. The number of thioether (sulfide) groups is 1. The number of carbonyl (C=O) groups excluding carboxylic acids is 2. The minimum Gasteiger partial charge on any atom is -0.385 e. The molecule has 0 spiro atoms. The summed E-state index contributed by atoms with van der Waals surface area (Å²) in [5.41, 5.74) is 4.30. The lowest BCUT2D eigenvalue weighted by atomic mass is 10.1. The minimum absolute atomic E-state index is 0.220. The van der Waals surface area contributed by atoms with E-state index < -0.39 is 0 Å². The topological polar surface area (TPSA) is 51.5 Å². The van der Waals surface area contributed by atoms with E-state index in [1.165, 1.54) is 10.5 Å². The number of aryl methyl sites for hydroxylation is 2. The van der Waals surface area contributed by atoms with E-state index in [1.807, 2.05) is 22.9 Å². The van der Waals surface area contributed by atoms with Gasteiger partial charge in [-0.3, -0.25) is 14.5 Å². The van der Waals surface area contributed by atoms with Gasteiger partial charge in [-0.1, -0.05) is 17.7 Å². The molecule has 0 saturated carbocycles. The Morgan fingerprint density at radius 1 is 1.19 bits per heavy atom. The average Bonchev–Trinajstić information content (AvgIpc) is 3.15. The molecule has 1 aliphatic rings. The zero-order valence-electron chi connectivity index (χ0n) is 15.2. The molecule has 136 valence electrons. The normalized spacial score (nSPS) is 16.1. The van der Waals surface area contributed by atoms with E-state index in [2.05, 4.69) is 32.0 Å². The number of rotatable bonds is 6. The van der Waals surface area contributed by atoms with Crippen LogP contribution in [0.15, 0.2) is 41.4 Å². The Labute approximate surface area is 157 Å². The van der Waals surface area contributed by atoms with Crippen molar-refractivity contribution in [1.82, 2.24) is 9.47 Å². The fraction of sp³-hybridized carbons (Fsp3) is 0.300. The van der Waals surface area contributed by atoms with Gasteiger partial charge in [-0.05, 0) is 61.9 Å². The van der Waals surface area contributed by atoms with Crippen LogP contribution >= 0.6 is 11.8 Å². The number of nitrogens with zero attached hydrogens (tertiary/aromatic N) is 2. The Hall–Kier alpha value is -2.31. The van der Waals surface area contributed by atoms with Crippen molar-refractivity contribution in [2.75, 3.05) is 20.3 Å². The van der Waals surface area contributed by atoms with E-state index in [0.29, 0.717) is 24.5 Å². The summed E-state index contributed by atoms with van der Waals surface area (Å²) in [5.74, 6) is -0.232. The van der Waals surface area contributed by atoms with Crippen LogP contribution in [0.25, 0.3) is 11.8 Å². The molecule has 0 N–H and O–H groups in total. The number of amides is 2. The number of carbonyl (C=O) groups is 2. The first-order valence-electron chi connectivity index (χ1n) is 8.50. The highest BCUT2D eigenvalue weighted by molar-refractivity contribution is 8.18. The maximum absolute atomic E-state index is 12.6. The Balaban J connectivity index is 1.86. The standard InChI is InChI=1S/C20H22N2O3S/c1-14-7-8-17(15(2)12-14)21-9-4-6-16(21)13-18-19(23)22(20(24)26-18)10-5-11-25-3/h4,6-9,12-13H,5,10-11H2,1-3H3/b18-13+. The highest BCUT2D eigenvalue weighted by atomic mass is 32.2. The van der Waals surface area contributed by atoms with Crippen LogP contribution in [-0.2, 0) is 9.53 Å². The Morgan fingerprint density at radius 2 is 2.00 bits per heavy atom. The van der Waals surface area contributed by atoms with Gasteiger partial charge in [-0.2, -0.15) is 0 Å². The predicted molar refractivity (Wildman–Crippen MR) is 104 cm³/mol. The lowest BCUT2D eigenvalue weighted by Crippen LogP contribution is -2.29. The van der Waals surface area contributed by atoms with Gasteiger partial charge in [-0.25, -0.2) is 0 Å². The highest BCUT2D eigenvalue weighted by Gasteiger charge is 2.34. The van der Waals surface area contributed by atoms with E-state index in [9.17, 15) is 9.59 Å². The fourth-order valence-electron chi connectivity index (χ4n) is 3.00.